The van der Waals surface area contributed by atoms with E-state index in [-0.39, 0.29) is 11.8 Å². The molecule has 2 nitrogen and oxygen atoms in total. The van der Waals surface area contributed by atoms with Crippen LogP contribution in [0.3, 0.4) is 0 Å². The lowest BCUT2D eigenvalue weighted by Crippen LogP contribution is -2.46. The number of alkyl halides is 2. The molecule has 1 unspecified atom stereocenters. The molecule has 3 rings (SSSR count). The summed E-state index contributed by atoms with van der Waals surface area (Å²) in [6, 6.07) is 18.9. The molecule has 1 aliphatic heterocycles. The second-order valence-electron chi connectivity index (χ2n) is 4.86. The Labute approximate surface area is 133 Å². The molecule has 0 fully saturated rings. The van der Waals surface area contributed by atoms with Crippen molar-refractivity contribution in [1.29, 1.82) is 0 Å². The van der Waals surface area contributed by atoms with Crippen LogP contribution in [0.25, 0.3) is 0 Å². The summed E-state index contributed by atoms with van der Waals surface area (Å²) in [6.45, 7) is 0. The van der Waals surface area contributed by atoms with Crippen molar-refractivity contribution >= 4 is 34.8 Å². The predicted molar refractivity (Wildman–Crippen MR) is 86.7 cm³/mol. The van der Waals surface area contributed by atoms with Gasteiger partial charge in [0, 0.05) is 17.8 Å². The third-order valence-corrected chi connectivity index (χ3v) is 4.31. The first-order chi connectivity index (χ1) is 10.1. The Morgan fingerprint density at radius 2 is 1.48 bits per heavy atom. The van der Waals surface area contributed by atoms with Crippen molar-refractivity contribution in [2.24, 2.45) is 0 Å². The molecule has 1 heterocycles. The van der Waals surface area contributed by atoms with E-state index in [4.69, 9.17) is 23.2 Å². The molecule has 0 saturated carbocycles. The molecular formula is C17H13Cl2NO. The van der Waals surface area contributed by atoms with Gasteiger partial charge in [0.1, 0.15) is 0 Å². The van der Waals surface area contributed by atoms with Crippen LogP contribution in [0.2, 0.25) is 0 Å². The average molecular weight is 318 g/mol. The van der Waals surface area contributed by atoms with E-state index >= 15 is 0 Å². The van der Waals surface area contributed by atoms with Crippen LogP contribution in [0, 0.1) is 0 Å². The summed E-state index contributed by atoms with van der Waals surface area (Å²) in [5.74, 6) is -0.706. The fourth-order valence-electron chi connectivity index (χ4n) is 2.43. The van der Waals surface area contributed by atoms with Crippen molar-refractivity contribution in [3.05, 3.63) is 78.5 Å². The lowest BCUT2D eigenvalue weighted by molar-refractivity contribution is -0.119. The van der Waals surface area contributed by atoms with Gasteiger partial charge in [0.15, 0.2) is 0 Å². The Balaban J connectivity index is 2.00. The van der Waals surface area contributed by atoms with Gasteiger partial charge in [-0.1, -0.05) is 77.8 Å². The lowest BCUT2D eigenvalue weighted by atomic mass is 9.92. The number of nitrogens with zero attached hydrogens (tertiary/aromatic N) is 1. The minimum atomic E-state index is -1.52. The number of carbonyl (C=O) groups is 1. The SMILES string of the molecule is O=C1N(c2ccccc2)C=CC(c2ccccc2)C1(Cl)Cl. The standard InChI is InChI=1S/C17H13Cl2NO/c18-17(19)15(13-7-3-1-4-8-13)11-12-20(16(17)21)14-9-5-2-6-10-14/h1-12,15H. The van der Waals surface area contributed by atoms with Crippen LogP contribution in [0.5, 0.6) is 0 Å². The molecule has 1 atom stereocenters. The molecule has 0 N–H and O–H groups in total. The third-order valence-electron chi connectivity index (χ3n) is 3.52. The molecule has 0 aliphatic carbocycles. The number of rotatable bonds is 2. The highest BCUT2D eigenvalue weighted by Gasteiger charge is 2.47. The number of hydrogen-bond donors (Lipinski definition) is 0. The van der Waals surface area contributed by atoms with E-state index in [0.29, 0.717) is 0 Å². The van der Waals surface area contributed by atoms with Crippen molar-refractivity contribution in [3.8, 4) is 0 Å². The normalized spacial score (nSPS) is 20.6. The van der Waals surface area contributed by atoms with Crippen molar-refractivity contribution in [2.45, 2.75) is 10.3 Å². The number of hydrogen-bond acceptors (Lipinski definition) is 1. The van der Waals surface area contributed by atoms with Gasteiger partial charge in [-0.15, -0.1) is 0 Å². The van der Waals surface area contributed by atoms with Crippen LogP contribution in [0.1, 0.15) is 11.5 Å². The number of amides is 1. The van der Waals surface area contributed by atoms with E-state index in [2.05, 4.69) is 0 Å². The van der Waals surface area contributed by atoms with Gasteiger partial charge in [0.2, 0.25) is 4.33 Å². The number of para-hydroxylation sites is 1. The van der Waals surface area contributed by atoms with Crippen LogP contribution in [0.4, 0.5) is 5.69 Å². The van der Waals surface area contributed by atoms with Gasteiger partial charge in [-0.3, -0.25) is 9.69 Å². The first-order valence-electron chi connectivity index (χ1n) is 6.60. The fraction of sp³-hybridized carbons (Fsp3) is 0.118. The Kier molecular flexibility index (Phi) is 3.75. The molecule has 0 bridgehead atoms. The molecular weight excluding hydrogens is 305 g/mol. The highest BCUT2D eigenvalue weighted by Crippen LogP contribution is 2.44. The monoisotopic (exact) mass is 317 g/mol. The van der Waals surface area contributed by atoms with Gasteiger partial charge < -0.3 is 0 Å². The van der Waals surface area contributed by atoms with Gasteiger partial charge >= 0.3 is 0 Å². The molecule has 1 aliphatic rings. The van der Waals surface area contributed by atoms with E-state index in [1.54, 1.807) is 6.20 Å². The number of anilines is 1. The molecule has 0 radical (unpaired) electrons. The van der Waals surface area contributed by atoms with Crippen molar-refractivity contribution in [2.75, 3.05) is 4.90 Å². The number of carbonyl (C=O) groups excluding carboxylic acids is 1. The van der Waals surface area contributed by atoms with Crippen LogP contribution in [-0.2, 0) is 4.79 Å². The van der Waals surface area contributed by atoms with Crippen molar-refractivity contribution < 1.29 is 4.79 Å². The average Bonchev–Trinajstić information content (AvgIpc) is 2.51. The summed E-state index contributed by atoms with van der Waals surface area (Å²) in [5, 5.41) is 0. The van der Waals surface area contributed by atoms with Gasteiger partial charge in [-0.05, 0) is 17.7 Å². The summed E-state index contributed by atoms with van der Waals surface area (Å²) in [4.78, 5) is 14.1. The van der Waals surface area contributed by atoms with Crippen molar-refractivity contribution in [1.82, 2.24) is 0 Å². The van der Waals surface area contributed by atoms with Crippen molar-refractivity contribution in [3.63, 3.8) is 0 Å². The molecule has 0 saturated heterocycles. The topological polar surface area (TPSA) is 20.3 Å². The molecule has 106 valence electrons. The smallest absolute Gasteiger partial charge is 0.268 e. The van der Waals surface area contributed by atoms with E-state index < -0.39 is 4.33 Å². The Bertz CT molecular complexity index is 668. The Morgan fingerprint density at radius 1 is 0.905 bits per heavy atom. The second kappa shape index (κ2) is 5.55. The summed E-state index contributed by atoms with van der Waals surface area (Å²) in [6.07, 6.45) is 3.60. The summed E-state index contributed by atoms with van der Waals surface area (Å²) in [5.41, 5.74) is 1.66. The molecule has 2 aromatic carbocycles. The molecule has 4 heteroatoms. The molecule has 0 spiro atoms. The summed E-state index contributed by atoms with van der Waals surface area (Å²) >= 11 is 12.8. The maximum atomic E-state index is 12.6. The van der Waals surface area contributed by atoms with E-state index in [1.165, 1.54) is 4.90 Å². The number of allylic oxidation sites excluding steroid dienone is 1. The summed E-state index contributed by atoms with van der Waals surface area (Å²) < 4.78 is -1.52. The highest BCUT2D eigenvalue weighted by atomic mass is 35.5. The van der Waals surface area contributed by atoms with E-state index in [0.717, 1.165) is 11.3 Å². The molecule has 0 aromatic heterocycles. The zero-order chi connectivity index (χ0) is 14.9. The lowest BCUT2D eigenvalue weighted by Gasteiger charge is -2.35. The van der Waals surface area contributed by atoms with Gasteiger partial charge in [0.05, 0.1) is 0 Å². The quantitative estimate of drug-likeness (QED) is 0.746. The zero-order valence-corrected chi connectivity index (χ0v) is 12.6. The summed E-state index contributed by atoms with van der Waals surface area (Å²) in [7, 11) is 0. The fourth-order valence-corrected chi connectivity index (χ4v) is 3.01. The molecule has 1 amide bonds. The third kappa shape index (κ3) is 2.57. The van der Waals surface area contributed by atoms with Crippen LogP contribution in [-0.4, -0.2) is 10.2 Å². The number of benzene rings is 2. The highest BCUT2D eigenvalue weighted by molar-refractivity contribution is 6.60. The van der Waals surface area contributed by atoms with Crippen LogP contribution >= 0.6 is 23.2 Å². The first kappa shape index (κ1) is 14.2. The molecule has 21 heavy (non-hydrogen) atoms. The minimum Gasteiger partial charge on any atom is -0.286 e. The largest absolute Gasteiger partial charge is 0.286 e. The maximum absolute atomic E-state index is 12.6. The number of halogens is 2. The maximum Gasteiger partial charge on any atom is 0.268 e. The minimum absolute atomic E-state index is 0.339. The Morgan fingerprint density at radius 3 is 2.10 bits per heavy atom. The van der Waals surface area contributed by atoms with E-state index in [9.17, 15) is 4.79 Å². The van der Waals surface area contributed by atoms with Gasteiger partial charge in [0.25, 0.3) is 5.91 Å². The van der Waals surface area contributed by atoms with Crippen LogP contribution in [0.15, 0.2) is 72.9 Å². The Hall–Kier alpha value is -1.77. The first-order valence-corrected chi connectivity index (χ1v) is 7.36. The van der Waals surface area contributed by atoms with E-state index in [1.807, 2.05) is 66.7 Å². The molecule has 2 aromatic rings. The second-order valence-corrected chi connectivity index (χ2v) is 6.25. The van der Waals surface area contributed by atoms with Gasteiger partial charge in [-0.25, -0.2) is 0 Å². The zero-order valence-electron chi connectivity index (χ0n) is 11.1. The predicted octanol–water partition coefficient (Wildman–Crippen LogP) is 4.50. The van der Waals surface area contributed by atoms with Gasteiger partial charge in [-0.2, -0.15) is 0 Å². The van der Waals surface area contributed by atoms with Crippen LogP contribution < -0.4 is 4.90 Å².